The van der Waals surface area contributed by atoms with E-state index in [1.54, 1.807) is 24.6 Å². The molecule has 11 heteroatoms. The molecule has 0 aliphatic carbocycles. The molecule has 2 aromatic heterocycles. The molecule has 0 amide bonds. The number of pyridine rings is 1. The van der Waals surface area contributed by atoms with Crippen LogP contribution in [-0.4, -0.2) is 26.4 Å². The van der Waals surface area contributed by atoms with Crippen LogP contribution in [0.2, 0.25) is 10.0 Å². The van der Waals surface area contributed by atoms with E-state index < -0.39 is 4.92 Å². The van der Waals surface area contributed by atoms with Gasteiger partial charge < -0.3 is 16.0 Å². The second kappa shape index (κ2) is 8.24. The third-order valence-corrected chi connectivity index (χ3v) is 4.27. The van der Waals surface area contributed by atoms with Gasteiger partial charge in [-0.05, 0) is 24.3 Å². The van der Waals surface area contributed by atoms with Gasteiger partial charge in [-0.25, -0.2) is 9.97 Å². The van der Waals surface area contributed by atoms with Gasteiger partial charge in [0.2, 0.25) is 5.49 Å². The monoisotopic (exact) mass is 418 g/mol. The molecule has 1 radical (unpaired) electrons. The fourth-order valence-corrected chi connectivity index (χ4v) is 2.89. The Labute approximate surface area is 169 Å². The van der Waals surface area contributed by atoms with Crippen molar-refractivity contribution >= 4 is 40.4 Å². The van der Waals surface area contributed by atoms with Crippen LogP contribution < -0.4 is 16.5 Å². The summed E-state index contributed by atoms with van der Waals surface area (Å²) in [4.78, 5) is 21.3. The highest BCUT2D eigenvalue weighted by Gasteiger charge is 2.12. The van der Waals surface area contributed by atoms with E-state index in [0.29, 0.717) is 45.2 Å². The molecule has 0 spiro atoms. The first-order valence-electron chi connectivity index (χ1n) is 7.92. The van der Waals surface area contributed by atoms with Crippen LogP contribution in [-0.2, 0) is 0 Å². The Hall–Kier alpha value is -3.17. The Morgan fingerprint density at radius 1 is 1.32 bits per heavy atom. The van der Waals surface area contributed by atoms with Gasteiger partial charge in [0.1, 0.15) is 11.6 Å². The van der Waals surface area contributed by atoms with Gasteiger partial charge in [0.05, 0.1) is 27.5 Å². The number of rotatable bonds is 6. The topological polar surface area (TPSA) is 147 Å². The van der Waals surface area contributed by atoms with Crippen LogP contribution in [0.4, 0.5) is 17.2 Å². The highest BCUT2D eigenvalue weighted by atomic mass is 35.5. The van der Waals surface area contributed by atoms with Crippen LogP contribution in [0, 0.1) is 21.9 Å². The van der Waals surface area contributed by atoms with Crippen molar-refractivity contribution in [1.82, 2.24) is 15.0 Å². The summed E-state index contributed by atoms with van der Waals surface area (Å²) in [7, 11) is 0. The van der Waals surface area contributed by atoms with E-state index in [2.05, 4.69) is 20.3 Å². The molecular weight excluding hydrogens is 405 g/mol. The Bertz CT molecular complexity index is 1100. The van der Waals surface area contributed by atoms with Crippen molar-refractivity contribution in [2.75, 3.05) is 17.6 Å². The molecule has 0 fully saturated rings. The quantitative estimate of drug-likeness (QED) is 0.356. The number of nitro groups is 1. The summed E-state index contributed by atoms with van der Waals surface area (Å²) >= 11 is 12.2. The predicted molar refractivity (Wildman–Crippen MR) is 107 cm³/mol. The third-order valence-electron chi connectivity index (χ3n) is 3.72. The number of nitrogens with one attached hydrogen (secondary N) is 3. The summed E-state index contributed by atoms with van der Waals surface area (Å²) in [5.41, 5.74) is 6.87. The van der Waals surface area contributed by atoms with Gasteiger partial charge in [0.15, 0.2) is 0 Å². The minimum Gasteiger partial charge on any atom is -0.396 e. The number of hydrogen-bond donors (Lipinski definition) is 4. The lowest BCUT2D eigenvalue weighted by molar-refractivity contribution is -0.386. The number of H-pyrrole nitrogens is 1. The summed E-state index contributed by atoms with van der Waals surface area (Å²) in [5, 5.41) is 22.3. The van der Waals surface area contributed by atoms with Crippen molar-refractivity contribution in [2.24, 2.45) is 0 Å². The average molecular weight is 419 g/mol. The maximum absolute atomic E-state index is 10.7. The molecule has 0 saturated carbocycles. The van der Waals surface area contributed by atoms with Crippen molar-refractivity contribution in [1.29, 1.82) is 5.41 Å². The molecular formula is C17H14Cl2N7O2. The van der Waals surface area contributed by atoms with Crippen LogP contribution in [0.5, 0.6) is 0 Å². The Morgan fingerprint density at radius 2 is 2.11 bits per heavy atom. The molecule has 3 aromatic rings. The molecule has 2 heterocycles. The number of hydrogen-bond acceptors (Lipinski definition) is 7. The normalized spacial score (nSPS) is 10.6. The molecule has 3 rings (SSSR count). The maximum Gasteiger partial charge on any atom is 0.311 e. The number of nitrogens with zero attached hydrogens (tertiary/aromatic N) is 3. The highest BCUT2D eigenvalue weighted by molar-refractivity contribution is 6.36. The molecule has 5 N–H and O–H groups in total. The van der Waals surface area contributed by atoms with E-state index in [1.165, 1.54) is 18.3 Å². The summed E-state index contributed by atoms with van der Waals surface area (Å²) in [6, 6.07) is 7.76. The fraction of sp³-hybridized carbons (Fsp3) is 0.0588. The maximum atomic E-state index is 10.7. The highest BCUT2D eigenvalue weighted by Crippen LogP contribution is 2.32. The zero-order valence-corrected chi connectivity index (χ0v) is 15.8. The van der Waals surface area contributed by atoms with Gasteiger partial charge in [-0.15, -0.1) is 0 Å². The average Bonchev–Trinajstić information content (AvgIpc) is 2.63. The van der Waals surface area contributed by atoms with Crippen molar-refractivity contribution in [3.8, 4) is 11.3 Å². The lowest BCUT2D eigenvalue weighted by Gasteiger charge is -2.10. The van der Waals surface area contributed by atoms with Crippen LogP contribution in [0.25, 0.3) is 11.3 Å². The Morgan fingerprint density at radius 3 is 2.79 bits per heavy atom. The van der Waals surface area contributed by atoms with E-state index in [-0.39, 0.29) is 11.2 Å². The largest absolute Gasteiger partial charge is 0.396 e. The minimum atomic E-state index is -0.625. The standard InChI is InChI=1S/C17H14Cl2N7O2/c18-9-1-2-10(11(19)7-9)16-12(20)8-23-15(24-16)5-6-22-14-4-3-13(26(27)28)17(21)25-14/h1-5,7-8H,6,20H2,(H3,21,22,25). The van der Waals surface area contributed by atoms with E-state index >= 15 is 0 Å². The van der Waals surface area contributed by atoms with Crippen LogP contribution in [0.3, 0.4) is 0 Å². The SMILES string of the molecule is N=c1[nH]c(NC[CH]c2ncc(N)c(-c3ccc(Cl)cc3Cl)n2)ccc1[N+](=O)[O-]. The molecule has 143 valence electrons. The van der Waals surface area contributed by atoms with Gasteiger partial charge in [-0.2, -0.15) is 0 Å². The summed E-state index contributed by atoms with van der Waals surface area (Å²) in [5.74, 6) is 0.860. The van der Waals surface area contributed by atoms with Crippen molar-refractivity contribution in [3.05, 3.63) is 74.4 Å². The van der Waals surface area contributed by atoms with Crippen LogP contribution in [0.1, 0.15) is 5.82 Å². The molecule has 0 atom stereocenters. The Kier molecular flexibility index (Phi) is 5.76. The van der Waals surface area contributed by atoms with E-state index in [4.69, 9.17) is 34.3 Å². The van der Waals surface area contributed by atoms with Gasteiger partial charge in [-0.1, -0.05) is 23.2 Å². The molecule has 0 saturated heterocycles. The number of nitrogens with two attached hydrogens (primary N) is 1. The molecule has 9 nitrogen and oxygen atoms in total. The van der Waals surface area contributed by atoms with Gasteiger partial charge in [-0.3, -0.25) is 15.5 Å². The van der Waals surface area contributed by atoms with Crippen LogP contribution >= 0.6 is 23.2 Å². The molecule has 0 aliphatic heterocycles. The lowest BCUT2D eigenvalue weighted by atomic mass is 10.1. The molecule has 0 aliphatic rings. The number of aromatic amines is 1. The Balaban J connectivity index is 1.73. The van der Waals surface area contributed by atoms with Gasteiger partial charge >= 0.3 is 5.69 Å². The second-order valence-corrected chi connectivity index (χ2v) is 6.47. The number of halogens is 2. The molecule has 0 unspecified atom stereocenters. The van der Waals surface area contributed by atoms with E-state index in [1.807, 2.05) is 0 Å². The number of anilines is 2. The van der Waals surface area contributed by atoms with Gasteiger partial charge in [0, 0.05) is 29.6 Å². The summed E-state index contributed by atoms with van der Waals surface area (Å²) in [6.45, 7) is 0.311. The van der Waals surface area contributed by atoms with Crippen molar-refractivity contribution < 1.29 is 4.92 Å². The zero-order chi connectivity index (χ0) is 20.3. The molecule has 1 aromatic carbocycles. The predicted octanol–water partition coefficient (Wildman–Crippen LogP) is 3.41. The summed E-state index contributed by atoms with van der Waals surface area (Å²) in [6.07, 6.45) is 3.19. The fourth-order valence-electron chi connectivity index (χ4n) is 2.39. The first-order chi connectivity index (χ1) is 13.3. The minimum absolute atomic E-state index is 0.293. The van der Waals surface area contributed by atoms with E-state index in [9.17, 15) is 10.1 Å². The molecule has 0 bridgehead atoms. The van der Waals surface area contributed by atoms with Crippen molar-refractivity contribution in [3.63, 3.8) is 0 Å². The number of aromatic nitrogens is 3. The van der Waals surface area contributed by atoms with Gasteiger partial charge in [0.25, 0.3) is 0 Å². The third kappa shape index (κ3) is 4.38. The number of nitrogen functional groups attached to an aromatic ring is 1. The van der Waals surface area contributed by atoms with Crippen molar-refractivity contribution in [2.45, 2.75) is 0 Å². The second-order valence-electron chi connectivity index (χ2n) is 5.63. The van der Waals surface area contributed by atoms with Crippen LogP contribution in [0.15, 0.2) is 36.5 Å². The summed E-state index contributed by atoms with van der Waals surface area (Å²) < 4.78 is 0. The van der Waals surface area contributed by atoms with E-state index in [0.717, 1.165) is 0 Å². The lowest BCUT2D eigenvalue weighted by Crippen LogP contribution is -2.15. The number of benzene rings is 1. The zero-order valence-electron chi connectivity index (χ0n) is 14.2. The smallest absolute Gasteiger partial charge is 0.311 e. The molecule has 28 heavy (non-hydrogen) atoms. The first-order valence-corrected chi connectivity index (χ1v) is 8.68. The first kappa shape index (κ1) is 19.6.